The van der Waals surface area contributed by atoms with Crippen molar-refractivity contribution in [3.63, 3.8) is 0 Å². The molecule has 2 heterocycles. The number of thiophene rings is 1. The monoisotopic (exact) mass is 265 g/mol. The van der Waals surface area contributed by atoms with Gasteiger partial charge in [0.2, 0.25) is 0 Å². The minimum absolute atomic E-state index is 0.371. The summed E-state index contributed by atoms with van der Waals surface area (Å²) in [5.74, 6) is -0.203. The van der Waals surface area contributed by atoms with Gasteiger partial charge in [-0.2, -0.15) is 0 Å². The molecule has 1 saturated carbocycles. The summed E-state index contributed by atoms with van der Waals surface area (Å²) < 4.78 is 0. The summed E-state index contributed by atoms with van der Waals surface area (Å²) in [4.78, 5) is 15.3. The maximum absolute atomic E-state index is 11.6. The topological polar surface area (TPSA) is 40.5 Å². The van der Waals surface area contributed by atoms with Gasteiger partial charge in [-0.1, -0.05) is 6.42 Å². The maximum Gasteiger partial charge on any atom is 0.311 e. The molecule has 2 atom stereocenters. The highest BCUT2D eigenvalue weighted by molar-refractivity contribution is 7.10. The Balaban J connectivity index is 1.75. The van der Waals surface area contributed by atoms with Crippen LogP contribution in [0, 0.1) is 18.3 Å². The van der Waals surface area contributed by atoms with Crippen molar-refractivity contribution < 1.29 is 9.90 Å². The van der Waals surface area contributed by atoms with Crippen LogP contribution in [0.4, 0.5) is 0 Å². The molecule has 1 aliphatic carbocycles. The van der Waals surface area contributed by atoms with E-state index in [0.29, 0.717) is 5.92 Å². The van der Waals surface area contributed by atoms with E-state index in [1.807, 2.05) is 0 Å². The second kappa shape index (κ2) is 4.35. The molecule has 4 heteroatoms. The zero-order valence-electron chi connectivity index (χ0n) is 10.7. The first kappa shape index (κ1) is 12.2. The minimum atomic E-state index is -0.574. The van der Waals surface area contributed by atoms with Crippen molar-refractivity contribution in [1.82, 2.24) is 4.90 Å². The number of carboxylic acid groups (broad SMARTS) is 1. The molecule has 0 aromatic carbocycles. The Kier molecular flexibility index (Phi) is 2.94. The predicted molar refractivity (Wildman–Crippen MR) is 71.7 cm³/mol. The lowest BCUT2D eigenvalue weighted by Crippen LogP contribution is -2.35. The number of hydrogen-bond acceptors (Lipinski definition) is 3. The zero-order chi connectivity index (χ0) is 12.8. The number of likely N-dealkylation sites (tertiary alicyclic amines) is 1. The van der Waals surface area contributed by atoms with Crippen LogP contribution in [-0.2, 0) is 11.3 Å². The zero-order valence-corrected chi connectivity index (χ0v) is 11.5. The van der Waals surface area contributed by atoms with Crippen LogP contribution < -0.4 is 0 Å². The lowest BCUT2D eigenvalue weighted by atomic mass is 9.81. The molecule has 1 aromatic rings. The lowest BCUT2D eigenvalue weighted by Gasteiger charge is -2.23. The van der Waals surface area contributed by atoms with E-state index in [1.165, 1.54) is 10.4 Å². The van der Waals surface area contributed by atoms with Gasteiger partial charge in [-0.3, -0.25) is 9.69 Å². The van der Waals surface area contributed by atoms with E-state index in [4.69, 9.17) is 0 Å². The number of carbonyl (C=O) groups is 1. The number of fused-ring (bicyclic) bond motifs is 1. The molecule has 1 aromatic heterocycles. The van der Waals surface area contributed by atoms with Gasteiger partial charge in [0.05, 0.1) is 5.41 Å². The number of aliphatic carboxylic acids is 1. The Bertz CT molecular complexity index is 470. The molecule has 3 rings (SSSR count). The summed E-state index contributed by atoms with van der Waals surface area (Å²) in [5.41, 5.74) is 0.895. The first-order chi connectivity index (χ1) is 8.62. The summed E-state index contributed by atoms with van der Waals surface area (Å²) in [7, 11) is 0. The minimum Gasteiger partial charge on any atom is -0.481 e. The Morgan fingerprint density at radius 2 is 2.50 bits per heavy atom. The average molecular weight is 265 g/mol. The highest BCUT2D eigenvalue weighted by Crippen LogP contribution is 2.49. The van der Waals surface area contributed by atoms with Gasteiger partial charge in [-0.15, -0.1) is 11.3 Å². The van der Waals surface area contributed by atoms with E-state index in [1.54, 1.807) is 11.3 Å². The van der Waals surface area contributed by atoms with Crippen LogP contribution in [0.3, 0.4) is 0 Å². The second-order valence-corrected chi connectivity index (χ2v) is 6.75. The number of rotatable bonds is 3. The summed E-state index contributed by atoms with van der Waals surface area (Å²) in [6.07, 6.45) is 3.04. The Morgan fingerprint density at radius 3 is 3.11 bits per heavy atom. The van der Waals surface area contributed by atoms with Gasteiger partial charge in [0.1, 0.15) is 0 Å². The van der Waals surface area contributed by atoms with E-state index in [-0.39, 0.29) is 0 Å². The van der Waals surface area contributed by atoms with Crippen molar-refractivity contribution in [1.29, 1.82) is 0 Å². The third-order valence-electron chi connectivity index (χ3n) is 4.70. The third-order valence-corrected chi connectivity index (χ3v) is 5.71. The Morgan fingerprint density at radius 1 is 1.67 bits per heavy atom. The van der Waals surface area contributed by atoms with Gasteiger partial charge in [0, 0.05) is 24.5 Å². The highest BCUT2D eigenvalue weighted by Gasteiger charge is 2.54. The molecule has 0 amide bonds. The first-order valence-electron chi connectivity index (χ1n) is 6.60. The largest absolute Gasteiger partial charge is 0.481 e. The molecule has 98 valence electrons. The van der Waals surface area contributed by atoms with Gasteiger partial charge < -0.3 is 5.11 Å². The average Bonchev–Trinajstić information content (AvgIpc) is 2.94. The van der Waals surface area contributed by atoms with Crippen LogP contribution in [0.15, 0.2) is 11.4 Å². The molecular formula is C14H19NO2S. The fourth-order valence-electron chi connectivity index (χ4n) is 3.63. The molecule has 0 spiro atoms. The molecule has 3 nitrogen and oxygen atoms in total. The third kappa shape index (κ3) is 1.79. The van der Waals surface area contributed by atoms with Gasteiger partial charge in [-0.05, 0) is 42.7 Å². The molecule has 0 bridgehead atoms. The van der Waals surface area contributed by atoms with Crippen molar-refractivity contribution in [2.45, 2.75) is 32.7 Å². The van der Waals surface area contributed by atoms with Gasteiger partial charge in [0.15, 0.2) is 0 Å². The Labute approximate surface area is 111 Å². The summed E-state index contributed by atoms with van der Waals surface area (Å²) >= 11 is 1.78. The van der Waals surface area contributed by atoms with Crippen molar-refractivity contribution >= 4 is 17.3 Å². The number of carboxylic acids is 1. The first-order valence-corrected chi connectivity index (χ1v) is 7.48. The molecule has 1 N–H and O–H groups in total. The highest BCUT2D eigenvalue weighted by atomic mass is 32.1. The van der Waals surface area contributed by atoms with E-state index in [0.717, 1.165) is 38.9 Å². The van der Waals surface area contributed by atoms with Gasteiger partial charge in [0.25, 0.3) is 0 Å². The second-order valence-electron chi connectivity index (χ2n) is 5.75. The molecule has 1 saturated heterocycles. The standard InChI is InChI=1S/C14H19NO2S/c1-10-4-6-18-12(10)8-15-7-11-3-2-5-14(11,9-15)13(16)17/h4,6,11H,2-3,5,7-9H2,1H3,(H,16,17)/t11-,14+/m0/s1. The lowest BCUT2D eigenvalue weighted by molar-refractivity contribution is -0.149. The summed E-state index contributed by atoms with van der Waals surface area (Å²) in [5, 5.41) is 11.7. The van der Waals surface area contributed by atoms with Crippen LogP contribution in [0.1, 0.15) is 29.7 Å². The van der Waals surface area contributed by atoms with E-state index < -0.39 is 11.4 Å². The molecule has 18 heavy (non-hydrogen) atoms. The van der Waals surface area contributed by atoms with E-state index in [9.17, 15) is 9.90 Å². The molecule has 1 aliphatic heterocycles. The number of hydrogen-bond donors (Lipinski definition) is 1. The number of aryl methyl sites for hydroxylation is 1. The molecule has 2 fully saturated rings. The maximum atomic E-state index is 11.6. The molecule has 2 aliphatic rings. The number of nitrogens with zero attached hydrogens (tertiary/aromatic N) is 1. The van der Waals surface area contributed by atoms with Crippen molar-refractivity contribution in [2.75, 3.05) is 13.1 Å². The SMILES string of the molecule is Cc1ccsc1CN1C[C@@H]2CCC[C@@]2(C(=O)O)C1. The van der Waals surface area contributed by atoms with Crippen LogP contribution in [0.5, 0.6) is 0 Å². The predicted octanol–water partition coefficient (Wildman–Crippen LogP) is 2.74. The molecule has 0 unspecified atom stereocenters. The van der Waals surface area contributed by atoms with Crippen LogP contribution in [0.2, 0.25) is 0 Å². The summed E-state index contributed by atoms with van der Waals surface area (Å²) in [6, 6.07) is 2.14. The van der Waals surface area contributed by atoms with Gasteiger partial charge in [-0.25, -0.2) is 0 Å². The van der Waals surface area contributed by atoms with Crippen molar-refractivity contribution in [3.05, 3.63) is 21.9 Å². The van der Waals surface area contributed by atoms with Crippen LogP contribution in [0.25, 0.3) is 0 Å². The van der Waals surface area contributed by atoms with Crippen LogP contribution >= 0.6 is 11.3 Å². The summed E-state index contributed by atoms with van der Waals surface area (Å²) in [6.45, 7) is 4.76. The molecule has 0 radical (unpaired) electrons. The Hall–Kier alpha value is -0.870. The molecular weight excluding hydrogens is 246 g/mol. The fourth-order valence-corrected chi connectivity index (χ4v) is 4.58. The quantitative estimate of drug-likeness (QED) is 0.913. The van der Waals surface area contributed by atoms with Crippen molar-refractivity contribution in [3.8, 4) is 0 Å². The van der Waals surface area contributed by atoms with Crippen molar-refractivity contribution in [2.24, 2.45) is 11.3 Å². The normalized spacial score (nSPS) is 31.7. The smallest absolute Gasteiger partial charge is 0.311 e. The van der Waals surface area contributed by atoms with E-state index in [2.05, 4.69) is 23.3 Å². The fraction of sp³-hybridized carbons (Fsp3) is 0.643. The van der Waals surface area contributed by atoms with Crippen LogP contribution in [-0.4, -0.2) is 29.1 Å². The van der Waals surface area contributed by atoms with E-state index >= 15 is 0 Å². The van der Waals surface area contributed by atoms with Gasteiger partial charge >= 0.3 is 5.97 Å².